The van der Waals surface area contributed by atoms with Gasteiger partial charge in [-0.05, 0) is 53.6 Å². The number of piperazine rings is 1. The highest BCUT2D eigenvalue weighted by Crippen LogP contribution is 2.42. The second-order valence-electron chi connectivity index (χ2n) is 10.8. The highest BCUT2D eigenvalue weighted by molar-refractivity contribution is 6.33. The molecule has 2 aromatic carbocycles. The van der Waals surface area contributed by atoms with Crippen LogP contribution in [0.1, 0.15) is 37.0 Å². The minimum absolute atomic E-state index is 0.0352. The number of hydrogen-bond donors (Lipinski definition) is 1. The molecule has 3 aromatic rings. The van der Waals surface area contributed by atoms with Crippen LogP contribution in [0.4, 0.5) is 17.3 Å². The molecule has 8 nitrogen and oxygen atoms in total. The van der Waals surface area contributed by atoms with Gasteiger partial charge < -0.3 is 19.7 Å². The van der Waals surface area contributed by atoms with Crippen LogP contribution in [0.25, 0.3) is 11.3 Å². The number of anilines is 3. The van der Waals surface area contributed by atoms with Gasteiger partial charge >= 0.3 is 0 Å². The van der Waals surface area contributed by atoms with E-state index < -0.39 is 0 Å². The summed E-state index contributed by atoms with van der Waals surface area (Å²) in [6.45, 7) is 9.81. The van der Waals surface area contributed by atoms with Crippen LogP contribution < -0.4 is 15.0 Å². The second-order valence-corrected chi connectivity index (χ2v) is 11.2. The molecule has 0 radical (unpaired) electrons. The van der Waals surface area contributed by atoms with Gasteiger partial charge in [-0.1, -0.05) is 25.4 Å². The van der Waals surface area contributed by atoms with Crippen LogP contribution in [-0.2, 0) is 16.6 Å². The number of benzene rings is 2. The third-order valence-electron chi connectivity index (χ3n) is 7.89. The molecule has 0 saturated carbocycles. The Kier molecular flexibility index (Phi) is 7.94. The molecule has 0 unspecified atom stereocenters. The second kappa shape index (κ2) is 11.4. The molecule has 2 heterocycles. The van der Waals surface area contributed by atoms with Crippen molar-refractivity contribution in [1.29, 1.82) is 5.26 Å². The Balaban J connectivity index is 1.38. The normalized spacial score (nSPS) is 16.6. The van der Waals surface area contributed by atoms with Crippen molar-refractivity contribution in [3.63, 3.8) is 0 Å². The van der Waals surface area contributed by atoms with Gasteiger partial charge in [0.15, 0.2) is 0 Å². The summed E-state index contributed by atoms with van der Waals surface area (Å²) in [6, 6.07) is 12.2. The van der Waals surface area contributed by atoms with E-state index in [1.807, 2.05) is 24.3 Å². The van der Waals surface area contributed by atoms with Gasteiger partial charge in [0.1, 0.15) is 5.75 Å². The average Bonchev–Trinajstić information content (AvgIpc) is 3.26. The monoisotopic (exact) mass is 546 g/mol. The molecule has 1 aliphatic heterocycles. The third-order valence-corrected chi connectivity index (χ3v) is 8.19. The van der Waals surface area contributed by atoms with Crippen LogP contribution in [0.3, 0.4) is 0 Å². The van der Waals surface area contributed by atoms with E-state index in [0.717, 1.165) is 80.2 Å². The Morgan fingerprint density at radius 3 is 2.64 bits per heavy atom. The van der Waals surface area contributed by atoms with Crippen molar-refractivity contribution in [1.82, 2.24) is 14.9 Å². The smallest absolute Gasteiger partial charge is 0.227 e. The summed E-state index contributed by atoms with van der Waals surface area (Å²) in [4.78, 5) is 13.9. The summed E-state index contributed by atoms with van der Waals surface area (Å²) in [6.07, 6.45) is 3.69. The molecule has 0 bridgehead atoms. The summed E-state index contributed by atoms with van der Waals surface area (Å²) in [7, 11) is 3.38. The van der Waals surface area contributed by atoms with E-state index in [-0.39, 0.29) is 5.41 Å². The molecule has 1 aromatic heterocycles. The van der Waals surface area contributed by atoms with Crippen LogP contribution in [0.15, 0.2) is 36.5 Å². The molecule has 1 aliphatic carbocycles. The van der Waals surface area contributed by atoms with Crippen LogP contribution in [0.2, 0.25) is 5.02 Å². The largest absolute Gasteiger partial charge is 0.494 e. The number of rotatable bonds is 8. The highest BCUT2D eigenvalue weighted by Gasteiger charge is 2.32. The first kappa shape index (κ1) is 27.2. The molecule has 2 aliphatic rings. The van der Waals surface area contributed by atoms with E-state index in [0.29, 0.717) is 22.4 Å². The highest BCUT2D eigenvalue weighted by atomic mass is 35.5. The molecule has 1 saturated heterocycles. The topological polar surface area (TPSA) is 86.5 Å². The minimum Gasteiger partial charge on any atom is -0.494 e. The van der Waals surface area contributed by atoms with E-state index in [2.05, 4.69) is 46.1 Å². The zero-order valence-corrected chi connectivity index (χ0v) is 23.8. The Bertz CT molecular complexity index is 1390. The number of ether oxygens (including phenoxy) is 2. The van der Waals surface area contributed by atoms with Gasteiger partial charge in [0.2, 0.25) is 5.95 Å². The maximum Gasteiger partial charge on any atom is 0.227 e. The number of nitriles is 1. The SMILES string of the molecule is COCCN1CCN(c2cc(OC)c(Nc3nccc(-c4cc(C#N)c5c(c4)C(C)(C)CC5)n3)cc2Cl)CC1. The van der Waals surface area contributed by atoms with Crippen LogP contribution in [0, 0.1) is 11.3 Å². The van der Waals surface area contributed by atoms with Gasteiger partial charge in [0.25, 0.3) is 0 Å². The lowest BCUT2D eigenvalue weighted by Gasteiger charge is -2.36. The fraction of sp³-hybridized carbons (Fsp3) is 0.433. The van der Waals surface area contributed by atoms with Crippen molar-refractivity contribution in [2.75, 3.05) is 63.8 Å². The zero-order valence-electron chi connectivity index (χ0n) is 23.1. The minimum atomic E-state index is 0.0352. The quantitative estimate of drug-likeness (QED) is 0.401. The molecular weight excluding hydrogens is 512 g/mol. The van der Waals surface area contributed by atoms with Crippen LogP contribution >= 0.6 is 11.6 Å². The maximum atomic E-state index is 9.81. The van der Waals surface area contributed by atoms with Gasteiger partial charge in [0, 0.05) is 57.7 Å². The lowest BCUT2D eigenvalue weighted by atomic mass is 9.84. The fourth-order valence-electron chi connectivity index (χ4n) is 5.55. The first-order chi connectivity index (χ1) is 18.8. The zero-order chi connectivity index (χ0) is 27.6. The maximum absolute atomic E-state index is 9.81. The Morgan fingerprint density at radius 2 is 1.92 bits per heavy atom. The van der Waals surface area contributed by atoms with E-state index >= 15 is 0 Å². The van der Waals surface area contributed by atoms with Crippen LogP contribution in [-0.4, -0.2) is 68.4 Å². The van der Waals surface area contributed by atoms with Crippen molar-refractivity contribution in [2.45, 2.75) is 32.1 Å². The molecular formula is C30H35ClN6O2. The van der Waals surface area contributed by atoms with E-state index in [1.165, 1.54) is 5.56 Å². The lowest BCUT2D eigenvalue weighted by molar-refractivity contribution is 0.144. The summed E-state index contributed by atoms with van der Waals surface area (Å²) >= 11 is 6.78. The lowest BCUT2D eigenvalue weighted by Crippen LogP contribution is -2.47. The standard InChI is InChI=1S/C30H35ClN6O2/c1-30(2)7-5-22-21(19-32)15-20(16-23(22)30)25-6-8-33-29(34-25)35-26-17-24(31)27(18-28(26)39-4)37-11-9-36(10-12-37)13-14-38-3/h6,8,15-18H,5,7,9-14H2,1-4H3,(H,33,34,35). The van der Waals surface area contributed by atoms with E-state index in [1.54, 1.807) is 20.4 Å². The van der Waals surface area contributed by atoms with Crippen molar-refractivity contribution in [3.8, 4) is 23.1 Å². The summed E-state index contributed by atoms with van der Waals surface area (Å²) < 4.78 is 10.9. The van der Waals surface area contributed by atoms with Crippen molar-refractivity contribution in [2.24, 2.45) is 0 Å². The van der Waals surface area contributed by atoms with E-state index in [9.17, 15) is 5.26 Å². The molecule has 0 amide bonds. The molecule has 0 spiro atoms. The third kappa shape index (κ3) is 5.67. The summed E-state index contributed by atoms with van der Waals surface area (Å²) in [5, 5.41) is 13.7. The number of nitrogens with one attached hydrogen (secondary N) is 1. The number of hydrogen-bond acceptors (Lipinski definition) is 8. The summed E-state index contributed by atoms with van der Waals surface area (Å²) in [5.41, 5.74) is 6.46. The Morgan fingerprint density at radius 1 is 1.13 bits per heavy atom. The molecule has 9 heteroatoms. The molecule has 5 rings (SSSR count). The first-order valence-electron chi connectivity index (χ1n) is 13.3. The molecule has 39 heavy (non-hydrogen) atoms. The summed E-state index contributed by atoms with van der Waals surface area (Å²) in [5.74, 6) is 1.09. The molecule has 0 atom stereocenters. The van der Waals surface area contributed by atoms with Crippen molar-refractivity contribution in [3.05, 3.63) is 58.2 Å². The first-order valence-corrected chi connectivity index (χ1v) is 13.7. The fourth-order valence-corrected chi connectivity index (χ4v) is 5.83. The van der Waals surface area contributed by atoms with Gasteiger partial charge in [0.05, 0.1) is 47.4 Å². The average molecular weight is 547 g/mol. The predicted molar refractivity (Wildman–Crippen MR) is 155 cm³/mol. The number of halogens is 1. The van der Waals surface area contributed by atoms with Crippen molar-refractivity contribution < 1.29 is 9.47 Å². The number of nitrogens with zero attached hydrogens (tertiary/aromatic N) is 5. The van der Waals surface area contributed by atoms with Gasteiger partial charge in [-0.2, -0.15) is 5.26 Å². The number of methoxy groups -OCH3 is 2. The molecule has 204 valence electrons. The van der Waals surface area contributed by atoms with Crippen LogP contribution in [0.5, 0.6) is 5.75 Å². The Hall–Kier alpha value is -3.38. The molecule has 1 N–H and O–H groups in total. The van der Waals surface area contributed by atoms with Gasteiger partial charge in [-0.3, -0.25) is 4.90 Å². The predicted octanol–water partition coefficient (Wildman–Crippen LogP) is 5.41. The van der Waals surface area contributed by atoms with Crippen molar-refractivity contribution >= 4 is 28.9 Å². The Labute approximate surface area is 235 Å². The van der Waals surface area contributed by atoms with Gasteiger partial charge in [-0.15, -0.1) is 0 Å². The number of aromatic nitrogens is 2. The van der Waals surface area contributed by atoms with Gasteiger partial charge in [-0.25, -0.2) is 9.97 Å². The van der Waals surface area contributed by atoms with E-state index in [4.69, 9.17) is 26.1 Å². The number of fused-ring (bicyclic) bond motifs is 1. The molecule has 1 fully saturated rings.